The van der Waals surface area contributed by atoms with Crippen molar-refractivity contribution in [2.75, 3.05) is 0 Å². The van der Waals surface area contributed by atoms with Crippen LogP contribution in [0, 0.1) is 6.92 Å². The number of hydrogen-bond acceptors (Lipinski definition) is 2. The smallest absolute Gasteiger partial charge is 0.153 e. The Balaban J connectivity index is 2.84. The molecule has 0 amide bonds. The van der Waals surface area contributed by atoms with Crippen LogP contribution in [-0.4, -0.2) is 16.0 Å². The summed E-state index contributed by atoms with van der Waals surface area (Å²) in [7, 11) is 0. The van der Waals surface area contributed by atoms with Gasteiger partial charge in [0.1, 0.15) is 5.75 Å². The average molecular weight is 203 g/mol. The summed E-state index contributed by atoms with van der Waals surface area (Å²) in [5.41, 5.74) is 2.40. The third-order valence-electron chi connectivity index (χ3n) is 2.74. The standard InChI is InChI=1S/C12H13NO2/c1-3-13-8(2)6-10-11(13)5-4-9(7-14)12(10)15/h4-7,15H,3H2,1-2H3. The number of phenolic OH excluding ortho intramolecular Hbond substituents is 1. The fourth-order valence-electron chi connectivity index (χ4n) is 1.98. The van der Waals surface area contributed by atoms with E-state index >= 15 is 0 Å². The number of aldehydes is 1. The molecule has 3 nitrogen and oxygen atoms in total. The minimum atomic E-state index is 0.0813. The van der Waals surface area contributed by atoms with E-state index in [1.54, 1.807) is 6.07 Å². The van der Waals surface area contributed by atoms with E-state index in [0.29, 0.717) is 11.8 Å². The molecule has 1 heterocycles. The van der Waals surface area contributed by atoms with Crippen molar-refractivity contribution in [3.63, 3.8) is 0 Å². The summed E-state index contributed by atoms with van der Waals surface area (Å²) < 4.78 is 2.10. The van der Waals surface area contributed by atoms with E-state index in [1.807, 2.05) is 19.1 Å². The summed E-state index contributed by atoms with van der Waals surface area (Å²) in [5.74, 6) is 0.0813. The summed E-state index contributed by atoms with van der Waals surface area (Å²) in [6.07, 6.45) is 0.674. The zero-order valence-electron chi connectivity index (χ0n) is 8.82. The predicted molar refractivity (Wildman–Crippen MR) is 59.4 cm³/mol. The molecule has 0 aliphatic rings. The van der Waals surface area contributed by atoms with Crippen molar-refractivity contribution in [1.82, 2.24) is 4.57 Å². The Morgan fingerprint density at radius 2 is 2.20 bits per heavy atom. The summed E-state index contributed by atoms with van der Waals surface area (Å²) in [6.45, 7) is 4.90. The highest BCUT2D eigenvalue weighted by molar-refractivity contribution is 5.95. The number of aromatic nitrogens is 1. The van der Waals surface area contributed by atoms with Crippen molar-refractivity contribution >= 4 is 17.2 Å². The summed E-state index contributed by atoms with van der Waals surface area (Å²) >= 11 is 0. The van der Waals surface area contributed by atoms with Crippen LogP contribution in [-0.2, 0) is 6.54 Å². The maximum absolute atomic E-state index is 10.7. The predicted octanol–water partition coefficient (Wildman–Crippen LogP) is 2.49. The Kier molecular flexibility index (Phi) is 2.23. The van der Waals surface area contributed by atoms with Gasteiger partial charge in [-0.05, 0) is 32.0 Å². The first-order valence-corrected chi connectivity index (χ1v) is 4.96. The van der Waals surface area contributed by atoms with Gasteiger partial charge in [-0.2, -0.15) is 0 Å². The van der Waals surface area contributed by atoms with Crippen molar-refractivity contribution in [2.24, 2.45) is 0 Å². The highest BCUT2D eigenvalue weighted by Gasteiger charge is 2.10. The van der Waals surface area contributed by atoms with Gasteiger partial charge in [0.2, 0.25) is 0 Å². The fraction of sp³-hybridized carbons (Fsp3) is 0.250. The molecule has 0 unspecified atom stereocenters. The zero-order valence-corrected chi connectivity index (χ0v) is 8.82. The van der Waals surface area contributed by atoms with Gasteiger partial charge in [0.25, 0.3) is 0 Å². The number of fused-ring (bicyclic) bond motifs is 1. The first-order chi connectivity index (χ1) is 7.19. The number of rotatable bonds is 2. The number of hydrogen-bond donors (Lipinski definition) is 1. The third kappa shape index (κ3) is 1.31. The lowest BCUT2D eigenvalue weighted by Gasteiger charge is -2.04. The Morgan fingerprint density at radius 1 is 1.47 bits per heavy atom. The molecule has 0 aliphatic heterocycles. The number of aromatic hydroxyl groups is 1. The van der Waals surface area contributed by atoms with Gasteiger partial charge in [-0.25, -0.2) is 0 Å². The molecule has 15 heavy (non-hydrogen) atoms. The van der Waals surface area contributed by atoms with E-state index < -0.39 is 0 Å². The van der Waals surface area contributed by atoms with Crippen molar-refractivity contribution < 1.29 is 9.90 Å². The molecule has 3 heteroatoms. The number of phenols is 1. The van der Waals surface area contributed by atoms with Crippen LogP contribution in [0.15, 0.2) is 18.2 Å². The monoisotopic (exact) mass is 203 g/mol. The maximum Gasteiger partial charge on any atom is 0.153 e. The lowest BCUT2D eigenvalue weighted by Crippen LogP contribution is -1.95. The second kappa shape index (κ2) is 3.42. The molecule has 0 saturated heterocycles. The number of nitrogens with zero attached hydrogens (tertiary/aromatic N) is 1. The zero-order chi connectivity index (χ0) is 11.0. The molecule has 1 aromatic carbocycles. The second-order valence-corrected chi connectivity index (χ2v) is 3.58. The molecule has 0 spiro atoms. The second-order valence-electron chi connectivity index (χ2n) is 3.58. The normalized spacial score (nSPS) is 10.8. The van der Waals surface area contributed by atoms with E-state index in [0.717, 1.165) is 23.1 Å². The van der Waals surface area contributed by atoms with Gasteiger partial charge < -0.3 is 9.67 Å². The molecule has 2 rings (SSSR count). The molecule has 0 aliphatic carbocycles. The number of carbonyl (C=O) groups excluding carboxylic acids is 1. The molecule has 1 aromatic heterocycles. The number of carbonyl (C=O) groups is 1. The van der Waals surface area contributed by atoms with Crippen LogP contribution < -0.4 is 0 Å². The van der Waals surface area contributed by atoms with Crippen LogP contribution in [0.3, 0.4) is 0 Å². The Bertz CT molecular complexity index is 526. The molecular weight excluding hydrogens is 190 g/mol. The van der Waals surface area contributed by atoms with Crippen LogP contribution in [0.25, 0.3) is 10.9 Å². The average Bonchev–Trinajstić information content (AvgIpc) is 2.56. The van der Waals surface area contributed by atoms with Gasteiger partial charge in [0.15, 0.2) is 6.29 Å². The van der Waals surface area contributed by atoms with Gasteiger partial charge in [0, 0.05) is 17.6 Å². The van der Waals surface area contributed by atoms with Crippen LogP contribution >= 0.6 is 0 Å². The van der Waals surface area contributed by atoms with Crippen LogP contribution in [0.2, 0.25) is 0 Å². The van der Waals surface area contributed by atoms with Gasteiger partial charge in [-0.3, -0.25) is 4.79 Å². The van der Waals surface area contributed by atoms with Gasteiger partial charge in [-0.1, -0.05) is 0 Å². The molecular formula is C12H13NO2. The lowest BCUT2D eigenvalue weighted by atomic mass is 10.1. The van der Waals surface area contributed by atoms with Crippen molar-refractivity contribution in [1.29, 1.82) is 0 Å². The van der Waals surface area contributed by atoms with Crippen LogP contribution in [0.4, 0.5) is 0 Å². The molecule has 0 bridgehead atoms. The Hall–Kier alpha value is -1.77. The first kappa shape index (κ1) is 9.77. The minimum absolute atomic E-state index is 0.0813. The Morgan fingerprint density at radius 3 is 2.80 bits per heavy atom. The fourth-order valence-corrected chi connectivity index (χ4v) is 1.98. The first-order valence-electron chi connectivity index (χ1n) is 4.96. The molecule has 78 valence electrons. The summed E-state index contributed by atoms with van der Waals surface area (Å²) in [6, 6.07) is 5.42. The minimum Gasteiger partial charge on any atom is -0.506 e. The summed E-state index contributed by atoms with van der Waals surface area (Å²) in [4.78, 5) is 10.7. The van der Waals surface area contributed by atoms with E-state index in [4.69, 9.17) is 0 Å². The summed E-state index contributed by atoms with van der Waals surface area (Å²) in [5, 5.41) is 10.6. The molecule has 2 aromatic rings. The quantitative estimate of drug-likeness (QED) is 0.762. The van der Waals surface area contributed by atoms with Gasteiger partial charge in [-0.15, -0.1) is 0 Å². The molecule has 0 saturated carbocycles. The molecule has 0 atom stereocenters. The highest BCUT2D eigenvalue weighted by atomic mass is 16.3. The van der Waals surface area contributed by atoms with Crippen molar-refractivity contribution in [3.8, 4) is 5.75 Å². The number of benzene rings is 1. The molecule has 0 fully saturated rings. The number of aryl methyl sites for hydroxylation is 2. The maximum atomic E-state index is 10.7. The largest absolute Gasteiger partial charge is 0.506 e. The van der Waals surface area contributed by atoms with E-state index in [9.17, 15) is 9.90 Å². The highest BCUT2D eigenvalue weighted by Crippen LogP contribution is 2.30. The lowest BCUT2D eigenvalue weighted by molar-refractivity contribution is 0.112. The van der Waals surface area contributed by atoms with Crippen molar-refractivity contribution in [3.05, 3.63) is 29.5 Å². The van der Waals surface area contributed by atoms with E-state index in [-0.39, 0.29) is 5.75 Å². The molecule has 0 radical (unpaired) electrons. The molecule has 1 N–H and O–H groups in total. The van der Waals surface area contributed by atoms with Gasteiger partial charge in [0.05, 0.1) is 11.1 Å². The van der Waals surface area contributed by atoms with Crippen LogP contribution in [0.1, 0.15) is 23.0 Å². The third-order valence-corrected chi connectivity index (χ3v) is 2.74. The Labute approximate surface area is 87.9 Å². The topological polar surface area (TPSA) is 42.2 Å². The van der Waals surface area contributed by atoms with Gasteiger partial charge >= 0.3 is 0 Å². The van der Waals surface area contributed by atoms with E-state index in [2.05, 4.69) is 11.5 Å². The SMILES string of the molecule is CCn1c(C)cc2c(O)c(C=O)ccc21. The van der Waals surface area contributed by atoms with Crippen LogP contribution in [0.5, 0.6) is 5.75 Å². The van der Waals surface area contributed by atoms with Crippen molar-refractivity contribution in [2.45, 2.75) is 20.4 Å². The van der Waals surface area contributed by atoms with E-state index in [1.165, 1.54) is 0 Å².